The smallest absolute Gasteiger partial charge is 0.230 e. The van der Waals surface area contributed by atoms with Gasteiger partial charge in [0.2, 0.25) is 17.7 Å². The van der Waals surface area contributed by atoms with Crippen molar-refractivity contribution in [1.29, 1.82) is 0 Å². The largest absolute Gasteiger partial charge is 0.494 e. The summed E-state index contributed by atoms with van der Waals surface area (Å²) >= 11 is 2.97. The Kier molecular flexibility index (Phi) is 9.84. The minimum atomic E-state index is -0.164. The van der Waals surface area contributed by atoms with E-state index < -0.39 is 0 Å². The molecule has 0 bridgehead atoms. The van der Waals surface area contributed by atoms with Crippen LogP contribution in [0.2, 0.25) is 0 Å². The standard InChI is InChI=1S/C29H33N5O4S2/c1-29(2,3)23-16-31-26(38-23)18-39-27-17-32-28(40-27)34-25(36)15-19-8-6-9-20(14-19)37-13-7-12-24(35)33-22-11-5-4-10-21(22)30/h4-6,8-11,14,16-17H,7,12-13,15,18,30H2,1-3H3,(H,33,35)(H,32,34,36). The summed E-state index contributed by atoms with van der Waals surface area (Å²) in [6, 6.07) is 14.5. The molecule has 2 aromatic heterocycles. The molecule has 0 fully saturated rings. The number of nitrogens with one attached hydrogen (secondary N) is 2. The van der Waals surface area contributed by atoms with Crippen LogP contribution in [0, 0.1) is 0 Å². The van der Waals surface area contributed by atoms with Crippen molar-refractivity contribution in [2.75, 3.05) is 23.0 Å². The highest BCUT2D eigenvalue weighted by Gasteiger charge is 2.19. The van der Waals surface area contributed by atoms with E-state index in [0.29, 0.717) is 53.3 Å². The predicted octanol–water partition coefficient (Wildman–Crippen LogP) is 6.28. The lowest BCUT2D eigenvalue weighted by Gasteiger charge is -2.12. The number of thiazole rings is 1. The summed E-state index contributed by atoms with van der Waals surface area (Å²) in [7, 11) is 0. The first-order chi connectivity index (χ1) is 19.2. The highest BCUT2D eigenvalue weighted by Crippen LogP contribution is 2.32. The van der Waals surface area contributed by atoms with Crippen molar-refractivity contribution < 1.29 is 18.7 Å². The molecule has 0 unspecified atom stereocenters. The van der Waals surface area contributed by atoms with E-state index in [2.05, 4.69) is 41.4 Å². The van der Waals surface area contributed by atoms with Gasteiger partial charge in [-0.1, -0.05) is 56.4 Å². The summed E-state index contributed by atoms with van der Waals surface area (Å²) in [5.41, 5.74) is 7.72. The Morgan fingerprint density at radius 1 is 1.05 bits per heavy atom. The lowest BCUT2D eigenvalue weighted by molar-refractivity contribution is -0.116. The molecular weight excluding hydrogens is 546 g/mol. The molecule has 0 aliphatic rings. The monoisotopic (exact) mass is 579 g/mol. The SMILES string of the molecule is CC(C)(C)c1cnc(CSc2cnc(NC(=O)Cc3cccc(OCCCC(=O)Nc4ccccc4N)c3)s2)o1. The molecule has 2 aromatic carbocycles. The fourth-order valence-electron chi connectivity index (χ4n) is 3.58. The average Bonchev–Trinajstić information content (AvgIpc) is 3.57. The molecular formula is C29H33N5O4S2. The maximum atomic E-state index is 12.6. The van der Waals surface area contributed by atoms with Gasteiger partial charge < -0.3 is 25.5 Å². The second-order valence-electron chi connectivity index (χ2n) is 10.1. The number of anilines is 3. The normalized spacial score (nSPS) is 11.3. The van der Waals surface area contributed by atoms with Crippen LogP contribution in [0.3, 0.4) is 0 Å². The molecule has 0 radical (unpaired) electrons. The molecule has 210 valence electrons. The number of oxazole rings is 1. The van der Waals surface area contributed by atoms with E-state index >= 15 is 0 Å². The van der Waals surface area contributed by atoms with Gasteiger partial charge in [0.25, 0.3) is 0 Å². The van der Waals surface area contributed by atoms with E-state index in [1.807, 2.05) is 36.4 Å². The highest BCUT2D eigenvalue weighted by molar-refractivity contribution is 8.00. The van der Waals surface area contributed by atoms with Gasteiger partial charge in [0.1, 0.15) is 11.5 Å². The van der Waals surface area contributed by atoms with Gasteiger partial charge >= 0.3 is 0 Å². The zero-order valence-electron chi connectivity index (χ0n) is 22.7. The molecule has 0 saturated heterocycles. The Balaban J connectivity index is 1.18. The van der Waals surface area contributed by atoms with Gasteiger partial charge in [-0.3, -0.25) is 9.59 Å². The van der Waals surface area contributed by atoms with Crippen molar-refractivity contribution in [3.63, 3.8) is 0 Å². The number of carbonyl (C=O) groups is 2. The quantitative estimate of drug-likeness (QED) is 0.101. The number of rotatable bonds is 12. The summed E-state index contributed by atoms with van der Waals surface area (Å²) in [4.78, 5) is 33.4. The van der Waals surface area contributed by atoms with Gasteiger partial charge in [0.05, 0.1) is 46.8 Å². The molecule has 9 nitrogen and oxygen atoms in total. The molecule has 0 aliphatic heterocycles. The molecule has 0 atom stereocenters. The molecule has 2 amide bonds. The third-order valence-corrected chi connectivity index (χ3v) is 7.77. The summed E-state index contributed by atoms with van der Waals surface area (Å²) in [6.07, 6.45) is 4.55. The van der Waals surface area contributed by atoms with Crippen LogP contribution in [0.15, 0.2) is 69.6 Å². The van der Waals surface area contributed by atoms with Crippen LogP contribution in [0.4, 0.5) is 16.5 Å². The number of para-hydroxylation sites is 2. The maximum Gasteiger partial charge on any atom is 0.230 e. The lowest BCUT2D eigenvalue weighted by atomic mass is 9.94. The van der Waals surface area contributed by atoms with Crippen LogP contribution in [0.1, 0.15) is 50.8 Å². The summed E-state index contributed by atoms with van der Waals surface area (Å²) in [5, 5.41) is 6.21. The summed E-state index contributed by atoms with van der Waals surface area (Å²) in [5.74, 6) is 2.46. The van der Waals surface area contributed by atoms with Crippen LogP contribution in [0.5, 0.6) is 5.75 Å². The minimum absolute atomic E-state index is 0.0832. The van der Waals surface area contributed by atoms with Crippen molar-refractivity contribution in [2.45, 2.75) is 55.4 Å². The van der Waals surface area contributed by atoms with Gasteiger partial charge in [0.15, 0.2) is 5.13 Å². The van der Waals surface area contributed by atoms with Gasteiger partial charge in [-0.15, -0.1) is 11.8 Å². The van der Waals surface area contributed by atoms with E-state index in [4.69, 9.17) is 14.9 Å². The van der Waals surface area contributed by atoms with Gasteiger partial charge in [0, 0.05) is 11.8 Å². The van der Waals surface area contributed by atoms with E-state index in [-0.39, 0.29) is 23.7 Å². The molecule has 4 aromatic rings. The van der Waals surface area contributed by atoms with E-state index in [1.165, 1.54) is 11.3 Å². The molecule has 11 heteroatoms. The Bertz CT molecular complexity index is 1440. The third kappa shape index (κ3) is 8.85. The first kappa shape index (κ1) is 29.2. The molecule has 0 aliphatic carbocycles. The topological polar surface area (TPSA) is 132 Å². The number of nitrogens with zero attached hydrogens (tertiary/aromatic N) is 2. The fourth-order valence-corrected chi connectivity index (χ4v) is 5.32. The number of amides is 2. The lowest BCUT2D eigenvalue weighted by Crippen LogP contribution is -2.14. The van der Waals surface area contributed by atoms with Gasteiger partial charge in [-0.2, -0.15) is 0 Å². The molecule has 40 heavy (non-hydrogen) atoms. The third-order valence-electron chi connectivity index (χ3n) is 5.68. The number of carbonyl (C=O) groups excluding carboxylic acids is 2. The van der Waals surface area contributed by atoms with Crippen molar-refractivity contribution in [3.05, 3.63) is 78.1 Å². The first-order valence-electron chi connectivity index (χ1n) is 12.9. The highest BCUT2D eigenvalue weighted by atomic mass is 32.2. The van der Waals surface area contributed by atoms with Crippen molar-refractivity contribution in [1.82, 2.24) is 9.97 Å². The van der Waals surface area contributed by atoms with E-state index in [9.17, 15) is 9.59 Å². The molecule has 2 heterocycles. The molecule has 0 saturated carbocycles. The van der Waals surface area contributed by atoms with Crippen molar-refractivity contribution in [2.24, 2.45) is 0 Å². The summed E-state index contributed by atoms with van der Waals surface area (Å²) in [6.45, 7) is 6.62. The Labute approximate surface area is 241 Å². The number of aromatic nitrogens is 2. The molecule has 4 rings (SSSR count). The van der Waals surface area contributed by atoms with Crippen LogP contribution < -0.4 is 21.1 Å². The number of benzene rings is 2. The molecule has 4 N–H and O–H groups in total. The van der Waals surface area contributed by atoms with E-state index in [0.717, 1.165) is 15.5 Å². The van der Waals surface area contributed by atoms with Gasteiger partial charge in [-0.05, 0) is 36.2 Å². The van der Waals surface area contributed by atoms with Crippen molar-refractivity contribution in [3.8, 4) is 5.75 Å². The van der Waals surface area contributed by atoms with Crippen LogP contribution in [-0.4, -0.2) is 28.4 Å². The number of nitrogens with two attached hydrogens (primary N) is 1. The average molecular weight is 580 g/mol. The molecule has 0 spiro atoms. The number of hydrogen-bond acceptors (Lipinski definition) is 9. The zero-order chi connectivity index (χ0) is 28.5. The minimum Gasteiger partial charge on any atom is -0.494 e. The Hall–Kier alpha value is -3.83. The van der Waals surface area contributed by atoms with Crippen LogP contribution in [-0.2, 0) is 27.2 Å². The number of ether oxygens (including phenoxy) is 1. The van der Waals surface area contributed by atoms with Crippen molar-refractivity contribution >= 4 is 51.4 Å². The Morgan fingerprint density at radius 2 is 1.88 bits per heavy atom. The number of hydrogen-bond donors (Lipinski definition) is 3. The van der Waals surface area contributed by atoms with Gasteiger partial charge in [-0.25, -0.2) is 9.97 Å². The van der Waals surface area contributed by atoms with Crippen LogP contribution in [0.25, 0.3) is 0 Å². The predicted molar refractivity (Wildman–Crippen MR) is 160 cm³/mol. The van der Waals surface area contributed by atoms with E-state index in [1.54, 1.807) is 36.3 Å². The Morgan fingerprint density at radius 3 is 2.65 bits per heavy atom. The summed E-state index contributed by atoms with van der Waals surface area (Å²) < 4.78 is 12.6. The van der Waals surface area contributed by atoms with Crippen LogP contribution >= 0.6 is 23.1 Å². The fraction of sp³-hybridized carbons (Fsp3) is 0.310. The maximum absolute atomic E-state index is 12.6. The zero-order valence-corrected chi connectivity index (χ0v) is 24.4. The number of thioether (sulfide) groups is 1. The second-order valence-corrected chi connectivity index (χ2v) is 12.4. The number of nitrogen functional groups attached to an aromatic ring is 1. The second kappa shape index (κ2) is 13.5. The first-order valence-corrected chi connectivity index (χ1v) is 14.7.